The van der Waals surface area contributed by atoms with Crippen LogP contribution in [0.2, 0.25) is 0 Å². The normalized spacial score (nSPS) is 9.35. The highest BCUT2D eigenvalue weighted by Crippen LogP contribution is 2.11. The summed E-state index contributed by atoms with van der Waals surface area (Å²) < 4.78 is 0. The first-order chi connectivity index (χ1) is 9.72. The minimum absolute atomic E-state index is 0.659. The summed E-state index contributed by atoms with van der Waals surface area (Å²) in [6, 6.07) is 10.5. The molecule has 0 aliphatic heterocycles. The van der Waals surface area contributed by atoms with E-state index < -0.39 is 0 Å². The molecule has 1 aromatic carbocycles. The third-order valence-corrected chi connectivity index (χ3v) is 3.29. The standard InChI is InChI=1S/C9H12.C8H18S.H2O2/c1-8(2)9-6-4-3-5-7-9;1-2-3-4-5-6-7-8-9;1-2/h3-8H,1-2H3;9H,2-8H2,1H3;1-2H. The zero-order chi connectivity index (χ0) is 15.6. The molecule has 0 unspecified atom stereocenters. The fourth-order valence-corrected chi connectivity index (χ4v) is 1.95. The van der Waals surface area contributed by atoms with E-state index in [1.165, 1.54) is 44.1 Å². The smallest absolute Gasteiger partial charge is 0.00979 e. The fourth-order valence-electron chi connectivity index (χ4n) is 1.73. The van der Waals surface area contributed by atoms with Crippen molar-refractivity contribution >= 4 is 12.6 Å². The Kier molecular flexibility index (Phi) is 20.1. The molecule has 0 fully saturated rings. The van der Waals surface area contributed by atoms with Crippen molar-refractivity contribution < 1.29 is 10.5 Å². The number of hydrogen-bond donors (Lipinski definition) is 3. The van der Waals surface area contributed by atoms with Crippen molar-refractivity contribution in [1.82, 2.24) is 0 Å². The molecule has 0 spiro atoms. The summed E-state index contributed by atoms with van der Waals surface area (Å²) in [4.78, 5) is 0. The second kappa shape index (κ2) is 18.5. The van der Waals surface area contributed by atoms with Gasteiger partial charge in [0.2, 0.25) is 0 Å². The maximum absolute atomic E-state index is 6.00. The Morgan fingerprint density at radius 1 is 0.900 bits per heavy atom. The summed E-state index contributed by atoms with van der Waals surface area (Å²) in [5, 5.41) is 12.0. The Labute approximate surface area is 130 Å². The first-order valence-electron chi connectivity index (χ1n) is 7.58. The lowest BCUT2D eigenvalue weighted by Gasteiger charge is -2.01. The van der Waals surface area contributed by atoms with Crippen LogP contribution in [0, 0.1) is 0 Å². The number of unbranched alkanes of at least 4 members (excludes halogenated alkanes) is 5. The van der Waals surface area contributed by atoms with Crippen LogP contribution in [-0.2, 0) is 0 Å². The van der Waals surface area contributed by atoms with E-state index in [1.807, 2.05) is 6.07 Å². The molecule has 0 bridgehead atoms. The monoisotopic (exact) mass is 300 g/mol. The molecule has 0 aromatic heterocycles. The zero-order valence-electron chi connectivity index (χ0n) is 13.3. The summed E-state index contributed by atoms with van der Waals surface area (Å²) in [6.07, 6.45) is 8.27. The highest BCUT2D eigenvalue weighted by molar-refractivity contribution is 7.80. The molecule has 3 heteroatoms. The van der Waals surface area contributed by atoms with Crippen LogP contribution < -0.4 is 0 Å². The highest BCUT2D eigenvalue weighted by Gasteiger charge is 1.93. The molecule has 1 aromatic rings. The lowest BCUT2D eigenvalue weighted by Crippen LogP contribution is -1.83. The Bertz CT molecular complexity index is 257. The molecule has 2 N–H and O–H groups in total. The number of hydrogen-bond acceptors (Lipinski definition) is 3. The van der Waals surface area contributed by atoms with Crippen molar-refractivity contribution in [1.29, 1.82) is 0 Å². The summed E-state index contributed by atoms with van der Waals surface area (Å²) in [6.45, 7) is 6.66. The van der Waals surface area contributed by atoms with Crippen LogP contribution in [0.1, 0.15) is 70.8 Å². The molecule has 0 saturated heterocycles. The van der Waals surface area contributed by atoms with Crippen LogP contribution in [0.5, 0.6) is 0 Å². The van der Waals surface area contributed by atoms with E-state index in [2.05, 4.69) is 57.7 Å². The molecule has 118 valence electrons. The molecule has 2 nitrogen and oxygen atoms in total. The maximum atomic E-state index is 6.00. The minimum Gasteiger partial charge on any atom is -0.255 e. The molecule has 0 saturated carbocycles. The van der Waals surface area contributed by atoms with Gasteiger partial charge in [0.15, 0.2) is 0 Å². The molecule has 1 rings (SSSR count). The summed E-state index contributed by atoms with van der Waals surface area (Å²) >= 11 is 4.15. The fraction of sp³-hybridized carbons (Fsp3) is 0.647. The molecule has 0 aliphatic carbocycles. The third kappa shape index (κ3) is 15.5. The van der Waals surface area contributed by atoms with Gasteiger partial charge in [0, 0.05) is 0 Å². The van der Waals surface area contributed by atoms with Crippen LogP contribution in [0.4, 0.5) is 0 Å². The van der Waals surface area contributed by atoms with Gasteiger partial charge >= 0.3 is 0 Å². The molecule has 0 radical (unpaired) electrons. The van der Waals surface area contributed by atoms with E-state index in [9.17, 15) is 0 Å². The molecule has 0 atom stereocenters. The van der Waals surface area contributed by atoms with Gasteiger partial charge in [0.25, 0.3) is 0 Å². The molecule has 0 amide bonds. The number of rotatable bonds is 7. The number of thiol groups is 1. The van der Waals surface area contributed by atoms with E-state index in [0.29, 0.717) is 5.92 Å². The highest BCUT2D eigenvalue weighted by atomic mass is 32.1. The molecular formula is C17H32O2S. The lowest BCUT2D eigenvalue weighted by atomic mass is 10.0. The first kappa shape index (κ1) is 21.8. The van der Waals surface area contributed by atoms with Crippen LogP contribution >= 0.6 is 12.6 Å². The van der Waals surface area contributed by atoms with Crippen LogP contribution in [-0.4, -0.2) is 16.3 Å². The second-order valence-corrected chi connectivity index (χ2v) is 5.50. The van der Waals surface area contributed by atoms with Crippen molar-refractivity contribution in [3.05, 3.63) is 35.9 Å². The van der Waals surface area contributed by atoms with Gasteiger partial charge in [0.05, 0.1) is 0 Å². The maximum Gasteiger partial charge on any atom is -0.00979 e. The van der Waals surface area contributed by atoms with Crippen molar-refractivity contribution in [2.75, 3.05) is 5.75 Å². The van der Waals surface area contributed by atoms with Crippen molar-refractivity contribution in [2.45, 2.75) is 65.2 Å². The summed E-state index contributed by atoms with van der Waals surface area (Å²) in [5.74, 6) is 1.72. The molecule has 0 aliphatic rings. The van der Waals surface area contributed by atoms with Gasteiger partial charge < -0.3 is 0 Å². The topological polar surface area (TPSA) is 40.5 Å². The molecule has 0 heterocycles. The summed E-state index contributed by atoms with van der Waals surface area (Å²) in [5.41, 5.74) is 1.41. The van der Waals surface area contributed by atoms with Gasteiger partial charge in [-0.15, -0.1) is 0 Å². The first-order valence-corrected chi connectivity index (χ1v) is 8.21. The second-order valence-electron chi connectivity index (χ2n) is 5.06. The third-order valence-electron chi connectivity index (χ3n) is 2.98. The lowest BCUT2D eigenvalue weighted by molar-refractivity contribution is -0.176. The minimum atomic E-state index is 0.659. The van der Waals surface area contributed by atoms with Gasteiger partial charge in [-0.25, -0.2) is 0 Å². The average Bonchev–Trinajstić information content (AvgIpc) is 2.51. The van der Waals surface area contributed by atoms with Gasteiger partial charge in [0.1, 0.15) is 0 Å². The molecular weight excluding hydrogens is 268 g/mol. The van der Waals surface area contributed by atoms with Crippen molar-refractivity contribution in [3.8, 4) is 0 Å². The average molecular weight is 301 g/mol. The van der Waals surface area contributed by atoms with Gasteiger partial charge in [-0.05, 0) is 23.7 Å². The van der Waals surface area contributed by atoms with Gasteiger partial charge in [-0.2, -0.15) is 12.6 Å². The Balaban J connectivity index is 0. The Morgan fingerprint density at radius 2 is 1.40 bits per heavy atom. The Morgan fingerprint density at radius 3 is 1.80 bits per heavy atom. The largest absolute Gasteiger partial charge is 0.255 e. The van der Waals surface area contributed by atoms with Crippen molar-refractivity contribution in [2.24, 2.45) is 0 Å². The van der Waals surface area contributed by atoms with Gasteiger partial charge in [-0.1, -0.05) is 83.2 Å². The quantitative estimate of drug-likeness (QED) is 0.246. The van der Waals surface area contributed by atoms with E-state index in [-0.39, 0.29) is 0 Å². The summed E-state index contributed by atoms with van der Waals surface area (Å²) in [7, 11) is 0. The van der Waals surface area contributed by atoms with Crippen LogP contribution in [0.3, 0.4) is 0 Å². The van der Waals surface area contributed by atoms with Crippen LogP contribution in [0.15, 0.2) is 30.3 Å². The SMILES string of the molecule is CC(C)c1ccccc1.CCCCCCCCS.OO. The number of benzene rings is 1. The van der Waals surface area contributed by atoms with E-state index >= 15 is 0 Å². The predicted octanol–water partition coefficient (Wildman–Crippen LogP) is 6.10. The molecule has 20 heavy (non-hydrogen) atoms. The van der Waals surface area contributed by atoms with E-state index in [1.54, 1.807) is 0 Å². The van der Waals surface area contributed by atoms with Crippen molar-refractivity contribution in [3.63, 3.8) is 0 Å². The Hall–Kier alpha value is -0.510. The van der Waals surface area contributed by atoms with Crippen LogP contribution in [0.25, 0.3) is 0 Å². The van der Waals surface area contributed by atoms with E-state index in [4.69, 9.17) is 10.5 Å². The van der Waals surface area contributed by atoms with Gasteiger partial charge in [-0.3, -0.25) is 10.5 Å². The van der Waals surface area contributed by atoms with E-state index in [0.717, 1.165) is 5.75 Å². The zero-order valence-corrected chi connectivity index (χ0v) is 14.1. The predicted molar refractivity (Wildman–Crippen MR) is 93.0 cm³/mol.